The first-order valence-corrected chi connectivity index (χ1v) is 15.3. The summed E-state index contributed by atoms with van der Waals surface area (Å²) in [5.74, 6) is 1.97. The van der Waals surface area contributed by atoms with Crippen molar-refractivity contribution in [3.63, 3.8) is 0 Å². The molecule has 0 spiro atoms. The van der Waals surface area contributed by atoms with Gasteiger partial charge in [0.25, 0.3) is 0 Å². The fraction of sp³-hybridized carbons (Fsp3) is 0.0500. The minimum Gasteiger partial charge on any atom is -0.237 e. The van der Waals surface area contributed by atoms with E-state index < -0.39 is 0 Å². The van der Waals surface area contributed by atoms with Crippen LogP contribution in [-0.2, 0) is 6.42 Å². The van der Waals surface area contributed by atoms with Gasteiger partial charge in [0.15, 0.2) is 17.5 Å². The van der Waals surface area contributed by atoms with Crippen LogP contribution in [0.25, 0.3) is 78.0 Å². The number of rotatable bonds is 6. The van der Waals surface area contributed by atoms with Crippen molar-refractivity contribution in [1.82, 2.24) is 29.9 Å². The largest absolute Gasteiger partial charge is 0.237 e. The van der Waals surface area contributed by atoms with Crippen molar-refractivity contribution in [2.75, 3.05) is 0 Å². The SMILES string of the molecule is CCc1ccc2c(-c3ncc(-c4ccccc4)cn3)c3cc(-c4ncccn4)ccc3c(-c3ncc(-c4ccccc4)cn3)c2c1. The van der Waals surface area contributed by atoms with E-state index in [2.05, 4.69) is 77.6 Å². The molecule has 0 aliphatic carbocycles. The monoisotopic (exact) mass is 592 g/mol. The van der Waals surface area contributed by atoms with Crippen molar-refractivity contribution in [2.45, 2.75) is 13.3 Å². The minimum atomic E-state index is 0.650. The standard InChI is InChI=1S/C40H28N6/c1-2-26-14-16-32-34(20-26)36(39-43-22-30(23-44-39)27-10-5-3-6-11-27)33-17-15-29(38-41-18-9-19-42-38)21-35(33)37(32)40-45-24-31(25-46-40)28-12-7-4-8-13-28/h3-25H,2H2,1H3. The summed E-state index contributed by atoms with van der Waals surface area (Å²) in [6, 6.07) is 35.2. The van der Waals surface area contributed by atoms with Crippen molar-refractivity contribution >= 4 is 21.5 Å². The van der Waals surface area contributed by atoms with Gasteiger partial charge in [-0.1, -0.05) is 97.9 Å². The lowest BCUT2D eigenvalue weighted by Crippen LogP contribution is -1.98. The van der Waals surface area contributed by atoms with E-state index in [0.717, 1.165) is 66.9 Å². The zero-order valence-corrected chi connectivity index (χ0v) is 25.2. The highest BCUT2D eigenvalue weighted by atomic mass is 14.9. The molecule has 6 heteroatoms. The van der Waals surface area contributed by atoms with Crippen molar-refractivity contribution in [3.8, 4) is 56.4 Å². The Labute approximate surface area is 266 Å². The zero-order valence-electron chi connectivity index (χ0n) is 25.2. The maximum atomic E-state index is 4.94. The fourth-order valence-electron chi connectivity index (χ4n) is 6.04. The van der Waals surface area contributed by atoms with Crippen molar-refractivity contribution in [1.29, 1.82) is 0 Å². The number of fused-ring (bicyclic) bond motifs is 2. The Morgan fingerprint density at radius 3 is 1.41 bits per heavy atom. The molecule has 0 amide bonds. The van der Waals surface area contributed by atoms with Crippen LogP contribution in [0.5, 0.6) is 0 Å². The summed E-state index contributed by atoms with van der Waals surface area (Å²) >= 11 is 0. The summed E-state index contributed by atoms with van der Waals surface area (Å²) in [4.78, 5) is 28.9. The summed E-state index contributed by atoms with van der Waals surface area (Å²) in [5, 5.41) is 4.10. The van der Waals surface area contributed by atoms with Gasteiger partial charge in [0, 0.05) is 65.0 Å². The third-order valence-electron chi connectivity index (χ3n) is 8.38. The lowest BCUT2D eigenvalue weighted by molar-refractivity contribution is 1.14. The fourth-order valence-corrected chi connectivity index (χ4v) is 6.04. The molecule has 0 N–H and O–H groups in total. The van der Waals surface area contributed by atoms with Gasteiger partial charge in [-0.3, -0.25) is 0 Å². The van der Waals surface area contributed by atoms with Gasteiger partial charge >= 0.3 is 0 Å². The number of benzene rings is 5. The highest BCUT2D eigenvalue weighted by Gasteiger charge is 2.21. The van der Waals surface area contributed by atoms with Crippen LogP contribution in [0.1, 0.15) is 12.5 Å². The molecule has 6 nitrogen and oxygen atoms in total. The molecule has 0 fully saturated rings. The smallest absolute Gasteiger partial charge is 0.160 e. The van der Waals surface area contributed by atoms with Gasteiger partial charge in [-0.2, -0.15) is 0 Å². The second-order valence-corrected chi connectivity index (χ2v) is 11.1. The second kappa shape index (κ2) is 11.7. The lowest BCUT2D eigenvalue weighted by Gasteiger charge is -2.17. The van der Waals surface area contributed by atoms with Gasteiger partial charge < -0.3 is 0 Å². The first-order chi connectivity index (χ1) is 22.8. The van der Waals surface area contributed by atoms with E-state index in [1.807, 2.05) is 67.3 Å². The van der Waals surface area contributed by atoms with Gasteiger partial charge in [-0.05, 0) is 56.8 Å². The van der Waals surface area contributed by atoms with Crippen LogP contribution in [-0.4, -0.2) is 29.9 Å². The molecule has 0 unspecified atom stereocenters. The number of aryl methyl sites for hydroxylation is 1. The van der Waals surface area contributed by atoms with Crippen LogP contribution in [0, 0.1) is 0 Å². The molecule has 5 aromatic carbocycles. The molecular weight excluding hydrogens is 564 g/mol. The van der Waals surface area contributed by atoms with Crippen LogP contribution in [0.4, 0.5) is 0 Å². The maximum absolute atomic E-state index is 4.94. The molecule has 0 aliphatic heterocycles. The maximum Gasteiger partial charge on any atom is 0.160 e. The highest BCUT2D eigenvalue weighted by molar-refractivity contribution is 6.20. The van der Waals surface area contributed by atoms with E-state index in [0.29, 0.717) is 17.5 Å². The molecule has 0 saturated carbocycles. The van der Waals surface area contributed by atoms with Gasteiger partial charge in [0.05, 0.1) is 0 Å². The van der Waals surface area contributed by atoms with E-state index in [1.165, 1.54) is 5.56 Å². The van der Waals surface area contributed by atoms with E-state index in [1.54, 1.807) is 12.4 Å². The van der Waals surface area contributed by atoms with Crippen molar-refractivity contribution in [3.05, 3.63) is 146 Å². The lowest BCUT2D eigenvalue weighted by atomic mass is 9.88. The summed E-state index contributed by atoms with van der Waals surface area (Å²) < 4.78 is 0. The number of aromatic nitrogens is 6. The van der Waals surface area contributed by atoms with E-state index >= 15 is 0 Å². The summed E-state index contributed by atoms with van der Waals surface area (Å²) in [6.45, 7) is 2.17. The Hall–Kier alpha value is -6.14. The van der Waals surface area contributed by atoms with Gasteiger partial charge in [0.2, 0.25) is 0 Å². The predicted octanol–water partition coefficient (Wildman–Crippen LogP) is 9.26. The molecule has 0 radical (unpaired) electrons. The van der Waals surface area contributed by atoms with Crippen molar-refractivity contribution < 1.29 is 0 Å². The molecule has 3 aromatic heterocycles. The molecule has 8 rings (SSSR count). The van der Waals surface area contributed by atoms with Crippen LogP contribution in [0.3, 0.4) is 0 Å². The molecular formula is C40H28N6. The highest BCUT2D eigenvalue weighted by Crippen LogP contribution is 2.43. The molecule has 0 atom stereocenters. The van der Waals surface area contributed by atoms with Gasteiger partial charge in [-0.15, -0.1) is 0 Å². The van der Waals surface area contributed by atoms with E-state index in [9.17, 15) is 0 Å². The van der Waals surface area contributed by atoms with Crippen molar-refractivity contribution in [2.24, 2.45) is 0 Å². The molecule has 0 saturated heterocycles. The first kappa shape index (κ1) is 27.4. The quantitative estimate of drug-likeness (QED) is 0.179. The number of hydrogen-bond acceptors (Lipinski definition) is 6. The van der Waals surface area contributed by atoms with Crippen LogP contribution < -0.4 is 0 Å². The third-order valence-corrected chi connectivity index (χ3v) is 8.38. The number of hydrogen-bond donors (Lipinski definition) is 0. The topological polar surface area (TPSA) is 77.3 Å². The average molecular weight is 593 g/mol. The Morgan fingerprint density at radius 2 is 0.891 bits per heavy atom. The zero-order chi connectivity index (χ0) is 30.9. The average Bonchev–Trinajstić information content (AvgIpc) is 3.14. The number of nitrogens with zero attached hydrogens (tertiary/aromatic N) is 6. The minimum absolute atomic E-state index is 0.650. The van der Waals surface area contributed by atoms with E-state index in [4.69, 9.17) is 19.9 Å². The van der Waals surface area contributed by atoms with Crippen LogP contribution >= 0.6 is 0 Å². The van der Waals surface area contributed by atoms with Gasteiger partial charge in [0.1, 0.15) is 0 Å². The van der Waals surface area contributed by atoms with E-state index in [-0.39, 0.29) is 0 Å². The normalized spacial score (nSPS) is 11.2. The molecule has 46 heavy (non-hydrogen) atoms. The summed E-state index contributed by atoms with van der Waals surface area (Å²) in [5.41, 5.74) is 8.16. The summed E-state index contributed by atoms with van der Waals surface area (Å²) in [6.07, 6.45) is 12.1. The predicted molar refractivity (Wildman–Crippen MR) is 185 cm³/mol. The van der Waals surface area contributed by atoms with Gasteiger partial charge in [-0.25, -0.2) is 29.9 Å². The molecule has 218 valence electrons. The molecule has 0 bridgehead atoms. The Morgan fingerprint density at radius 1 is 0.391 bits per heavy atom. The Bertz CT molecular complexity index is 2300. The summed E-state index contributed by atoms with van der Waals surface area (Å²) in [7, 11) is 0. The Balaban J connectivity index is 1.41. The molecule has 3 heterocycles. The second-order valence-electron chi connectivity index (χ2n) is 11.1. The third kappa shape index (κ3) is 4.96. The molecule has 0 aliphatic rings. The Kier molecular flexibility index (Phi) is 7.00. The van der Waals surface area contributed by atoms with Crippen LogP contribution in [0.2, 0.25) is 0 Å². The molecule has 8 aromatic rings. The first-order valence-electron chi connectivity index (χ1n) is 15.3. The van der Waals surface area contributed by atoms with Crippen LogP contribution in [0.15, 0.2) is 140 Å².